The average Bonchev–Trinajstić information content (AvgIpc) is 3.24. The van der Waals surface area contributed by atoms with E-state index in [1.165, 1.54) is 24.1 Å². The highest BCUT2D eigenvalue weighted by Crippen LogP contribution is 2.48. The number of nitrogens with zero attached hydrogens (tertiary/aromatic N) is 3. The SMILES string of the molecule is CC(=O)Nc1c(F)c(-c2ccc(F)c3sc(N)c(C#N)c23)c(Cl)c2c1C(=O)N([C@@H](C)c1cccnc1N)CC2. The normalized spacial score (nSPS) is 13.7. The number of hydrogen-bond acceptors (Lipinski definition) is 7. The maximum atomic E-state index is 16.4. The standard InChI is InChI=1S/C27H21ClF2N6O2S/c1-11(13-4-3-8-34-25(13)32)36-9-7-15-20(27(36)38)23(35-12(2)37)22(30)19(21(15)28)14-5-6-17(29)24-18(14)16(10-31)26(33)39-24/h3-6,8,11H,7,9,33H2,1-2H3,(H2,32,34)(H,35,37)/t11-/m0/s1. The van der Waals surface area contributed by atoms with Gasteiger partial charge >= 0.3 is 0 Å². The highest BCUT2D eigenvalue weighted by atomic mass is 35.5. The van der Waals surface area contributed by atoms with Gasteiger partial charge in [0, 0.05) is 36.2 Å². The fraction of sp³-hybridized carbons (Fsp3) is 0.185. The first kappa shape index (κ1) is 26.3. The molecule has 4 aromatic rings. The molecular formula is C27H21ClF2N6O2S. The number of rotatable bonds is 4. The van der Waals surface area contributed by atoms with E-state index in [0.717, 1.165) is 17.4 Å². The van der Waals surface area contributed by atoms with Crippen LogP contribution < -0.4 is 16.8 Å². The number of benzene rings is 2. The second kappa shape index (κ2) is 9.80. The molecule has 2 aromatic heterocycles. The maximum absolute atomic E-state index is 16.4. The quantitative estimate of drug-likeness (QED) is 0.292. The van der Waals surface area contributed by atoms with Crippen LogP contribution in [0.3, 0.4) is 0 Å². The smallest absolute Gasteiger partial charge is 0.256 e. The lowest BCUT2D eigenvalue weighted by molar-refractivity contribution is -0.114. The molecule has 2 aromatic carbocycles. The van der Waals surface area contributed by atoms with Crippen molar-refractivity contribution in [2.45, 2.75) is 26.3 Å². The van der Waals surface area contributed by atoms with Crippen molar-refractivity contribution in [2.24, 2.45) is 0 Å². The van der Waals surface area contributed by atoms with Gasteiger partial charge in [-0.1, -0.05) is 23.7 Å². The highest BCUT2D eigenvalue weighted by Gasteiger charge is 2.37. The van der Waals surface area contributed by atoms with Crippen LogP contribution in [0.25, 0.3) is 21.2 Å². The van der Waals surface area contributed by atoms with Crippen LogP contribution in [0.15, 0.2) is 30.5 Å². The number of aromatic nitrogens is 1. The van der Waals surface area contributed by atoms with E-state index < -0.39 is 29.5 Å². The minimum absolute atomic E-state index is 0.0103. The average molecular weight is 567 g/mol. The van der Waals surface area contributed by atoms with Gasteiger partial charge in [0.25, 0.3) is 5.91 Å². The number of nitriles is 1. The Morgan fingerprint density at radius 3 is 2.69 bits per heavy atom. The summed E-state index contributed by atoms with van der Waals surface area (Å²) in [4.78, 5) is 31.6. The molecule has 39 heavy (non-hydrogen) atoms. The maximum Gasteiger partial charge on any atom is 0.256 e. The topological polar surface area (TPSA) is 138 Å². The van der Waals surface area contributed by atoms with Crippen LogP contribution in [0.5, 0.6) is 0 Å². The van der Waals surface area contributed by atoms with Crippen LogP contribution in [-0.4, -0.2) is 28.2 Å². The predicted octanol–water partition coefficient (Wildman–Crippen LogP) is 5.65. The van der Waals surface area contributed by atoms with Crippen molar-refractivity contribution < 1.29 is 18.4 Å². The molecule has 1 aliphatic heterocycles. The summed E-state index contributed by atoms with van der Waals surface area (Å²) in [7, 11) is 0. The van der Waals surface area contributed by atoms with Gasteiger partial charge in [-0.25, -0.2) is 13.8 Å². The van der Waals surface area contributed by atoms with Gasteiger partial charge < -0.3 is 21.7 Å². The number of carbonyl (C=O) groups excluding carboxylic acids is 2. The molecule has 0 radical (unpaired) electrons. The van der Waals surface area contributed by atoms with E-state index in [1.807, 2.05) is 6.07 Å². The summed E-state index contributed by atoms with van der Waals surface area (Å²) in [6.45, 7) is 3.19. The number of hydrogen-bond donors (Lipinski definition) is 3. The molecule has 0 saturated carbocycles. The molecule has 0 unspecified atom stereocenters. The van der Waals surface area contributed by atoms with E-state index in [-0.39, 0.29) is 66.8 Å². The second-order valence-corrected chi connectivity index (χ2v) is 10.5. The van der Waals surface area contributed by atoms with Gasteiger partial charge in [-0.15, -0.1) is 11.3 Å². The van der Waals surface area contributed by atoms with Gasteiger partial charge in [-0.3, -0.25) is 9.59 Å². The summed E-state index contributed by atoms with van der Waals surface area (Å²) in [5.41, 5.74) is 12.5. The highest BCUT2D eigenvalue weighted by molar-refractivity contribution is 7.23. The molecule has 3 heterocycles. The van der Waals surface area contributed by atoms with Crippen molar-refractivity contribution in [3.8, 4) is 17.2 Å². The molecule has 8 nitrogen and oxygen atoms in total. The number of thiophene rings is 1. The molecule has 5 rings (SSSR count). The summed E-state index contributed by atoms with van der Waals surface area (Å²) < 4.78 is 31.2. The first-order valence-corrected chi connectivity index (χ1v) is 13.0. The number of nitrogens with one attached hydrogen (secondary N) is 1. The molecule has 12 heteroatoms. The van der Waals surface area contributed by atoms with Crippen LogP contribution in [0.2, 0.25) is 5.02 Å². The fourth-order valence-electron chi connectivity index (χ4n) is 5.05. The van der Waals surface area contributed by atoms with E-state index >= 15 is 4.39 Å². The fourth-order valence-corrected chi connectivity index (χ4v) is 6.37. The Hall–Kier alpha value is -4.27. The number of carbonyl (C=O) groups is 2. The van der Waals surface area contributed by atoms with Gasteiger partial charge in [-0.05, 0) is 36.6 Å². The molecule has 0 fully saturated rings. The first-order chi connectivity index (χ1) is 18.6. The number of fused-ring (bicyclic) bond motifs is 2. The zero-order chi connectivity index (χ0) is 28.2. The molecule has 1 aliphatic rings. The van der Waals surface area contributed by atoms with Crippen LogP contribution in [-0.2, 0) is 11.2 Å². The monoisotopic (exact) mass is 566 g/mol. The number of nitrogens with two attached hydrogens (primary N) is 2. The zero-order valence-electron chi connectivity index (χ0n) is 20.7. The van der Waals surface area contributed by atoms with Crippen LogP contribution in [0, 0.1) is 23.0 Å². The van der Waals surface area contributed by atoms with E-state index in [2.05, 4.69) is 10.3 Å². The summed E-state index contributed by atoms with van der Waals surface area (Å²) in [6, 6.07) is 7.35. The molecule has 0 spiro atoms. The minimum Gasteiger partial charge on any atom is -0.389 e. The lowest BCUT2D eigenvalue weighted by atomic mass is 9.89. The molecule has 198 valence electrons. The Morgan fingerprint density at radius 1 is 1.28 bits per heavy atom. The zero-order valence-corrected chi connectivity index (χ0v) is 22.3. The largest absolute Gasteiger partial charge is 0.389 e. The molecular weight excluding hydrogens is 546 g/mol. The number of pyridine rings is 1. The lowest BCUT2D eigenvalue weighted by Crippen LogP contribution is -2.40. The van der Waals surface area contributed by atoms with Crippen molar-refractivity contribution in [1.29, 1.82) is 5.26 Å². The summed E-state index contributed by atoms with van der Waals surface area (Å²) in [5.74, 6) is -2.52. The third kappa shape index (κ3) is 4.13. The van der Waals surface area contributed by atoms with Crippen molar-refractivity contribution in [3.63, 3.8) is 0 Å². The van der Waals surface area contributed by atoms with Crippen LogP contribution in [0.1, 0.15) is 46.9 Å². The molecule has 2 amide bonds. The Balaban J connectivity index is 1.76. The number of nitrogen functional groups attached to an aromatic ring is 2. The van der Waals surface area contributed by atoms with Gasteiger partial charge in [0.05, 0.1) is 32.6 Å². The Bertz CT molecular complexity index is 1750. The molecule has 0 aliphatic carbocycles. The summed E-state index contributed by atoms with van der Waals surface area (Å²) >= 11 is 7.66. The number of amides is 2. The van der Waals surface area contributed by atoms with Crippen LogP contribution >= 0.6 is 22.9 Å². The summed E-state index contributed by atoms with van der Waals surface area (Å²) in [5, 5.41) is 12.3. The van der Waals surface area contributed by atoms with E-state index in [4.69, 9.17) is 23.1 Å². The number of anilines is 3. The van der Waals surface area contributed by atoms with Crippen LogP contribution in [0.4, 0.5) is 25.3 Å². The Kier molecular flexibility index (Phi) is 6.62. The Morgan fingerprint density at radius 2 is 2.03 bits per heavy atom. The third-order valence-electron chi connectivity index (χ3n) is 6.84. The van der Waals surface area contributed by atoms with Crippen molar-refractivity contribution >= 4 is 61.3 Å². The third-order valence-corrected chi connectivity index (χ3v) is 8.29. The number of halogens is 3. The lowest BCUT2D eigenvalue weighted by Gasteiger charge is -2.36. The minimum atomic E-state index is -0.987. The van der Waals surface area contributed by atoms with Crippen molar-refractivity contribution in [2.75, 3.05) is 23.3 Å². The van der Waals surface area contributed by atoms with E-state index in [1.54, 1.807) is 19.1 Å². The van der Waals surface area contributed by atoms with E-state index in [9.17, 15) is 19.2 Å². The van der Waals surface area contributed by atoms with Gasteiger partial charge in [-0.2, -0.15) is 5.26 Å². The second-order valence-electron chi connectivity index (χ2n) is 9.07. The molecule has 0 saturated heterocycles. The van der Waals surface area contributed by atoms with Gasteiger partial charge in [0.2, 0.25) is 5.91 Å². The van der Waals surface area contributed by atoms with E-state index in [0.29, 0.717) is 11.1 Å². The molecule has 5 N–H and O–H groups in total. The van der Waals surface area contributed by atoms with Gasteiger partial charge in [0.15, 0.2) is 5.82 Å². The van der Waals surface area contributed by atoms with Crippen molar-refractivity contribution in [3.05, 3.63) is 69.4 Å². The first-order valence-electron chi connectivity index (χ1n) is 11.8. The van der Waals surface area contributed by atoms with Gasteiger partial charge in [0.1, 0.15) is 22.7 Å². The molecule has 0 bridgehead atoms. The molecule has 1 atom stereocenters. The summed E-state index contributed by atoms with van der Waals surface area (Å²) in [6.07, 6.45) is 1.77. The Labute approximate surface area is 230 Å². The predicted molar refractivity (Wildman–Crippen MR) is 147 cm³/mol. The van der Waals surface area contributed by atoms with Crippen molar-refractivity contribution in [1.82, 2.24) is 9.88 Å².